The van der Waals surface area contributed by atoms with Crippen molar-refractivity contribution in [1.82, 2.24) is 9.97 Å². The zero-order valence-electron chi connectivity index (χ0n) is 19.2. The van der Waals surface area contributed by atoms with Gasteiger partial charge < -0.3 is 9.15 Å². The van der Waals surface area contributed by atoms with Gasteiger partial charge in [-0.1, -0.05) is 13.0 Å². The molecule has 1 amide bonds. The smallest absolute Gasteiger partial charge is 0.450 e. The molecule has 0 atom stereocenters. The van der Waals surface area contributed by atoms with E-state index in [1.165, 1.54) is 31.2 Å². The van der Waals surface area contributed by atoms with Gasteiger partial charge in [-0.05, 0) is 43.3 Å². The Kier molecular flexibility index (Phi) is 6.62. The van der Waals surface area contributed by atoms with Crippen LogP contribution in [0.3, 0.4) is 0 Å². The molecule has 2 heterocycles. The van der Waals surface area contributed by atoms with Crippen molar-refractivity contribution >= 4 is 53.5 Å². The van der Waals surface area contributed by atoms with E-state index in [1.807, 2.05) is 0 Å². The van der Waals surface area contributed by atoms with Crippen LogP contribution in [-0.4, -0.2) is 50.8 Å². The molecular formula is C22H18F3N3O7S2. The summed E-state index contributed by atoms with van der Waals surface area (Å²) >= 11 is 0. The van der Waals surface area contributed by atoms with Crippen molar-refractivity contribution in [3.8, 4) is 11.6 Å². The van der Waals surface area contributed by atoms with E-state index >= 15 is 0 Å². The highest BCUT2D eigenvalue weighted by Crippen LogP contribution is 2.35. The van der Waals surface area contributed by atoms with Crippen LogP contribution in [0.2, 0.25) is 0 Å². The molecule has 0 aliphatic rings. The molecule has 4 rings (SSSR count). The molecule has 0 saturated carbocycles. The average molecular weight is 558 g/mol. The summed E-state index contributed by atoms with van der Waals surface area (Å²) in [4.78, 5) is 18.8. The van der Waals surface area contributed by atoms with Gasteiger partial charge in [-0.2, -0.15) is 13.2 Å². The zero-order chi connectivity index (χ0) is 27.2. The molecule has 2 aromatic carbocycles. The van der Waals surface area contributed by atoms with Crippen molar-refractivity contribution in [2.24, 2.45) is 0 Å². The number of ether oxygens (including phenoxy) is 1. The first-order valence-corrected chi connectivity index (χ1v) is 13.7. The lowest BCUT2D eigenvalue weighted by atomic mass is 10.2. The van der Waals surface area contributed by atoms with Crippen LogP contribution in [0.4, 0.5) is 23.7 Å². The molecule has 0 spiro atoms. The molecule has 4 aromatic rings. The number of amides is 1. The summed E-state index contributed by atoms with van der Waals surface area (Å²) in [5.74, 6) is -0.654. The maximum atomic E-state index is 13.0. The maximum Gasteiger partial charge on any atom is 0.501 e. The number of oxazole rings is 1. The topological polar surface area (TPSA) is 146 Å². The third-order valence-corrected chi connectivity index (χ3v) is 8.42. The number of benzene rings is 2. The van der Waals surface area contributed by atoms with E-state index in [9.17, 15) is 34.8 Å². The number of sulfone groups is 2. The number of fused-ring (bicyclic) bond motifs is 2. The fourth-order valence-electron chi connectivity index (χ4n) is 3.37. The lowest BCUT2D eigenvalue weighted by Gasteiger charge is -2.10. The molecule has 196 valence electrons. The van der Waals surface area contributed by atoms with Gasteiger partial charge in [0, 0.05) is 11.1 Å². The second-order valence-corrected chi connectivity index (χ2v) is 11.8. The van der Waals surface area contributed by atoms with E-state index in [2.05, 4.69) is 15.3 Å². The van der Waals surface area contributed by atoms with Crippen LogP contribution >= 0.6 is 0 Å². The first kappa shape index (κ1) is 26.3. The highest BCUT2D eigenvalue weighted by Gasteiger charge is 2.47. The Balaban J connectivity index is 1.90. The number of nitrogens with one attached hydrogen (secondary N) is 1. The maximum absolute atomic E-state index is 13.0. The van der Waals surface area contributed by atoms with Gasteiger partial charge in [0.25, 0.3) is 9.84 Å². The molecule has 1 N–H and O–H groups in total. The Bertz CT molecular complexity index is 1750. The fourth-order valence-corrected chi connectivity index (χ4v) is 5.19. The number of alkyl halides is 3. The Labute approximate surface area is 208 Å². The van der Waals surface area contributed by atoms with Gasteiger partial charge in [-0.15, -0.1) is 0 Å². The number of halogens is 3. The second-order valence-electron chi connectivity index (χ2n) is 7.59. The molecular weight excluding hydrogens is 539 g/mol. The summed E-state index contributed by atoms with van der Waals surface area (Å²) < 4.78 is 98.6. The lowest BCUT2D eigenvalue weighted by Crippen LogP contribution is -2.23. The summed E-state index contributed by atoms with van der Waals surface area (Å²) in [5, 5.41) is 2.90. The zero-order valence-corrected chi connectivity index (χ0v) is 20.8. The van der Waals surface area contributed by atoms with E-state index in [-0.39, 0.29) is 45.5 Å². The number of pyridine rings is 1. The molecule has 0 radical (unpaired) electrons. The number of nitrogens with zero attached hydrogens (tertiary/aromatic N) is 2. The van der Waals surface area contributed by atoms with Crippen molar-refractivity contribution in [3.05, 3.63) is 42.5 Å². The monoisotopic (exact) mass is 557 g/mol. The van der Waals surface area contributed by atoms with E-state index in [4.69, 9.17) is 9.15 Å². The standard InChI is InChI=1S/C22H18F3N3O7S2/c1-3-34-21(29)26-13-6-5-12-9-18(36(30,31)4-2)19(27-15(12)10-13)20-28-16-11-14(7-8-17(16)35-20)37(32,33)22(23,24)25/h5-11H,3-4H2,1-2H3,(H,26,29). The van der Waals surface area contributed by atoms with Crippen molar-refractivity contribution in [2.45, 2.75) is 29.1 Å². The Morgan fingerprint density at radius 1 is 1.00 bits per heavy atom. The van der Waals surface area contributed by atoms with Gasteiger partial charge in [0.05, 0.1) is 27.7 Å². The van der Waals surface area contributed by atoms with Gasteiger partial charge in [-0.3, -0.25) is 5.32 Å². The van der Waals surface area contributed by atoms with E-state index < -0.39 is 36.2 Å². The van der Waals surface area contributed by atoms with Gasteiger partial charge in [0.2, 0.25) is 5.89 Å². The molecule has 0 aliphatic carbocycles. The molecule has 15 heteroatoms. The van der Waals surface area contributed by atoms with Crippen LogP contribution < -0.4 is 5.32 Å². The van der Waals surface area contributed by atoms with Crippen LogP contribution in [0.15, 0.2) is 56.7 Å². The predicted molar refractivity (Wildman–Crippen MR) is 126 cm³/mol. The van der Waals surface area contributed by atoms with Gasteiger partial charge in [-0.25, -0.2) is 31.6 Å². The number of carbonyl (C=O) groups excluding carboxylic acids is 1. The van der Waals surface area contributed by atoms with Gasteiger partial charge >= 0.3 is 11.6 Å². The molecule has 0 unspecified atom stereocenters. The van der Waals surface area contributed by atoms with E-state index in [0.717, 1.165) is 6.07 Å². The fraction of sp³-hybridized carbons (Fsp3) is 0.227. The van der Waals surface area contributed by atoms with Crippen molar-refractivity contribution in [1.29, 1.82) is 0 Å². The number of hydrogen-bond acceptors (Lipinski definition) is 9. The minimum Gasteiger partial charge on any atom is -0.450 e. The highest BCUT2D eigenvalue weighted by atomic mass is 32.2. The van der Waals surface area contributed by atoms with Crippen molar-refractivity contribution < 1.29 is 44.0 Å². The summed E-state index contributed by atoms with van der Waals surface area (Å²) in [6.07, 6.45) is -0.712. The largest absolute Gasteiger partial charge is 0.501 e. The number of carbonyl (C=O) groups is 1. The second kappa shape index (κ2) is 9.30. The minimum atomic E-state index is -5.64. The molecule has 2 aromatic heterocycles. The first-order chi connectivity index (χ1) is 17.3. The van der Waals surface area contributed by atoms with Crippen LogP contribution in [0.5, 0.6) is 0 Å². The average Bonchev–Trinajstić information content (AvgIpc) is 3.26. The summed E-state index contributed by atoms with van der Waals surface area (Å²) in [6, 6.07) is 8.22. The van der Waals surface area contributed by atoms with Crippen LogP contribution in [-0.2, 0) is 24.4 Å². The summed E-state index contributed by atoms with van der Waals surface area (Å²) in [6.45, 7) is 3.19. The van der Waals surface area contributed by atoms with Crippen LogP contribution in [0, 0.1) is 0 Å². The number of aromatic nitrogens is 2. The van der Waals surface area contributed by atoms with Crippen molar-refractivity contribution in [3.63, 3.8) is 0 Å². The van der Waals surface area contributed by atoms with Crippen LogP contribution in [0.25, 0.3) is 33.6 Å². The molecule has 0 aliphatic heterocycles. The van der Waals surface area contributed by atoms with E-state index in [1.54, 1.807) is 6.92 Å². The Morgan fingerprint density at radius 2 is 1.73 bits per heavy atom. The first-order valence-electron chi connectivity index (χ1n) is 10.6. The third kappa shape index (κ3) is 4.96. The minimum absolute atomic E-state index is 0.0874. The predicted octanol–water partition coefficient (Wildman–Crippen LogP) is 4.70. The molecule has 0 fully saturated rings. The highest BCUT2D eigenvalue weighted by molar-refractivity contribution is 7.92. The third-order valence-electron chi connectivity index (χ3n) is 5.20. The number of anilines is 1. The van der Waals surface area contributed by atoms with Gasteiger partial charge in [0.15, 0.2) is 15.4 Å². The Morgan fingerprint density at radius 3 is 2.38 bits per heavy atom. The quantitative estimate of drug-likeness (QED) is 0.356. The molecule has 0 bridgehead atoms. The van der Waals surface area contributed by atoms with E-state index in [0.29, 0.717) is 23.2 Å². The number of rotatable bonds is 6. The summed E-state index contributed by atoms with van der Waals surface area (Å²) in [7, 11) is -9.53. The van der Waals surface area contributed by atoms with Crippen molar-refractivity contribution in [2.75, 3.05) is 17.7 Å². The Hall–Kier alpha value is -3.72. The SMILES string of the molecule is CCOC(=O)Nc1ccc2cc(S(=O)(=O)CC)c(-c3nc4cc(S(=O)(=O)C(F)(F)F)ccc4o3)nc2c1. The summed E-state index contributed by atoms with van der Waals surface area (Å²) in [5.41, 5.74) is -5.56. The molecule has 10 nitrogen and oxygen atoms in total. The number of hydrogen-bond donors (Lipinski definition) is 1. The lowest BCUT2D eigenvalue weighted by molar-refractivity contribution is -0.0436. The normalized spacial score (nSPS) is 12.7. The molecule has 0 saturated heterocycles. The van der Waals surface area contributed by atoms with Crippen LogP contribution in [0.1, 0.15) is 13.8 Å². The van der Waals surface area contributed by atoms with Gasteiger partial charge in [0.1, 0.15) is 11.2 Å². The molecule has 37 heavy (non-hydrogen) atoms.